The molecular weight excluding hydrogens is 432 g/mol. The van der Waals surface area contributed by atoms with Gasteiger partial charge in [-0.2, -0.15) is 0 Å². The molecule has 0 heterocycles. The first-order valence-electron chi connectivity index (χ1n) is 9.72. The third-order valence-corrected chi connectivity index (χ3v) is 9.79. The van der Waals surface area contributed by atoms with E-state index in [2.05, 4.69) is 55.4 Å². The zero-order chi connectivity index (χ0) is 21.8. The lowest BCUT2D eigenvalue weighted by molar-refractivity contribution is -0.144. The van der Waals surface area contributed by atoms with Crippen LogP contribution in [-0.2, 0) is 19.1 Å². The first-order chi connectivity index (χ1) is 12.8. The summed E-state index contributed by atoms with van der Waals surface area (Å²) in [6.07, 6.45) is 2.05. The van der Waals surface area contributed by atoms with E-state index in [0.29, 0.717) is 36.6 Å². The largest absolute Gasteiger partial charge is 0.464 e. The van der Waals surface area contributed by atoms with Gasteiger partial charge in [-0.1, -0.05) is 77.0 Å². The maximum absolute atomic E-state index is 11.8. The quantitative estimate of drug-likeness (QED) is 0.146. The van der Waals surface area contributed by atoms with Crippen LogP contribution in [-0.4, -0.2) is 36.7 Å². The Balaban J connectivity index is 3.75. The van der Waals surface area contributed by atoms with Crippen LogP contribution in [0.15, 0.2) is 0 Å². The fourth-order valence-electron chi connectivity index (χ4n) is 3.15. The maximum Gasteiger partial charge on any atom is 0.316 e. The number of carbonyl (C=O) groups is 2. The van der Waals surface area contributed by atoms with E-state index in [4.69, 9.17) is 9.47 Å². The summed E-state index contributed by atoms with van der Waals surface area (Å²) >= 11 is 0. The van der Waals surface area contributed by atoms with E-state index < -0.39 is 0 Å². The molecule has 0 bridgehead atoms. The number of esters is 2. The van der Waals surface area contributed by atoms with Gasteiger partial charge < -0.3 is 9.47 Å². The maximum atomic E-state index is 11.8. The molecule has 0 aliphatic rings. The standard InChI is InChI=1S/C20H38O4S4/c1-15(2)9-19(5,6)13-23-17(21)11-25-27-28-26-12-18(22)24-14-20(7,8)10-16(3)4/h15-16H,9-14H2,1-8H3. The molecule has 0 atom stereocenters. The van der Waals surface area contributed by atoms with Gasteiger partial charge in [-0.05, 0) is 55.2 Å². The Labute approximate surface area is 187 Å². The zero-order valence-electron chi connectivity index (χ0n) is 18.7. The molecule has 8 heteroatoms. The number of hydrogen-bond acceptors (Lipinski definition) is 8. The van der Waals surface area contributed by atoms with E-state index in [1.165, 1.54) is 41.2 Å². The van der Waals surface area contributed by atoms with Gasteiger partial charge in [0.05, 0.1) is 13.2 Å². The second kappa shape index (κ2) is 14.4. The predicted octanol–water partition coefficient (Wildman–Crippen LogP) is 6.90. The number of rotatable bonds is 15. The first-order valence-corrected chi connectivity index (χ1v) is 14.9. The van der Waals surface area contributed by atoms with E-state index in [1.54, 1.807) is 0 Å². The molecule has 166 valence electrons. The second-order valence-electron chi connectivity index (χ2n) is 9.51. The van der Waals surface area contributed by atoms with Crippen molar-refractivity contribution in [3.05, 3.63) is 0 Å². The Hall–Kier alpha value is 0.340. The van der Waals surface area contributed by atoms with E-state index >= 15 is 0 Å². The lowest BCUT2D eigenvalue weighted by Gasteiger charge is -2.26. The molecule has 0 amide bonds. The molecule has 0 aromatic heterocycles. The number of ether oxygens (including phenoxy) is 2. The average Bonchev–Trinajstić information content (AvgIpc) is 2.52. The van der Waals surface area contributed by atoms with Crippen LogP contribution in [0.25, 0.3) is 0 Å². The molecular formula is C20H38O4S4. The van der Waals surface area contributed by atoms with Crippen molar-refractivity contribution in [2.24, 2.45) is 22.7 Å². The molecule has 0 aromatic rings. The Morgan fingerprint density at radius 2 is 1.04 bits per heavy atom. The lowest BCUT2D eigenvalue weighted by Crippen LogP contribution is -2.24. The topological polar surface area (TPSA) is 52.6 Å². The van der Waals surface area contributed by atoms with Crippen LogP contribution >= 0.6 is 41.2 Å². The van der Waals surface area contributed by atoms with Crippen molar-refractivity contribution < 1.29 is 19.1 Å². The van der Waals surface area contributed by atoms with Crippen LogP contribution in [0.3, 0.4) is 0 Å². The fraction of sp³-hybridized carbons (Fsp3) is 0.900. The van der Waals surface area contributed by atoms with Crippen molar-refractivity contribution in [2.45, 2.75) is 68.2 Å². The SMILES string of the molecule is CC(C)CC(C)(C)COC(=O)CSSSSCC(=O)OCC(C)(C)CC(C)C. The normalized spacial score (nSPS) is 12.5. The van der Waals surface area contributed by atoms with Gasteiger partial charge in [0.25, 0.3) is 0 Å². The number of carbonyl (C=O) groups excluding carboxylic acids is 2. The molecule has 4 nitrogen and oxygen atoms in total. The Morgan fingerprint density at radius 1 is 0.714 bits per heavy atom. The summed E-state index contributed by atoms with van der Waals surface area (Å²) in [5.41, 5.74) is 0.0205. The highest BCUT2D eigenvalue weighted by atomic mass is 33.7. The Bertz CT molecular complexity index is 423. The van der Waals surface area contributed by atoms with Crippen molar-refractivity contribution in [1.29, 1.82) is 0 Å². The summed E-state index contributed by atoms with van der Waals surface area (Å²) in [4.78, 5) is 23.7. The van der Waals surface area contributed by atoms with E-state index in [1.807, 2.05) is 0 Å². The molecule has 0 radical (unpaired) electrons. The molecule has 0 saturated heterocycles. The highest BCUT2D eigenvalue weighted by Crippen LogP contribution is 2.43. The summed E-state index contributed by atoms with van der Waals surface area (Å²) in [6, 6.07) is 0. The molecule has 0 rings (SSSR count). The Kier molecular flexibility index (Phi) is 14.5. The van der Waals surface area contributed by atoms with Gasteiger partial charge in [0.1, 0.15) is 11.5 Å². The fourth-order valence-corrected chi connectivity index (χ4v) is 8.48. The molecule has 0 unspecified atom stereocenters. The summed E-state index contributed by atoms with van der Waals surface area (Å²) < 4.78 is 10.8. The molecule has 0 aliphatic carbocycles. The minimum atomic E-state index is -0.188. The van der Waals surface area contributed by atoms with Gasteiger partial charge in [0.2, 0.25) is 0 Å². The third-order valence-electron chi connectivity index (χ3n) is 3.65. The van der Waals surface area contributed by atoms with Crippen LogP contribution in [0.2, 0.25) is 0 Å². The minimum absolute atomic E-state index is 0.0103. The molecule has 28 heavy (non-hydrogen) atoms. The number of hydrogen-bond donors (Lipinski definition) is 0. The van der Waals surface area contributed by atoms with Crippen LogP contribution in [0.1, 0.15) is 68.2 Å². The van der Waals surface area contributed by atoms with Gasteiger partial charge in [-0.25, -0.2) is 0 Å². The molecule has 0 saturated carbocycles. The first kappa shape index (κ1) is 28.3. The van der Waals surface area contributed by atoms with Crippen LogP contribution in [0.5, 0.6) is 0 Å². The lowest BCUT2D eigenvalue weighted by atomic mass is 9.85. The van der Waals surface area contributed by atoms with E-state index in [0.717, 1.165) is 12.8 Å². The van der Waals surface area contributed by atoms with E-state index in [9.17, 15) is 9.59 Å². The van der Waals surface area contributed by atoms with Gasteiger partial charge in [0, 0.05) is 0 Å². The van der Waals surface area contributed by atoms with Crippen molar-refractivity contribution in [3.63, 3.8) is 0 Å². The summed E-state index contributed by atoms with van der Waals surface area (Å²) in [5, 5.41) is 0. The summed E-state index contributed by atoms with van der Waals surface area (Å²) in [7, 11) is 5.84. The molecule has 0 fully saturated rings. The van der Waals surface area contributed by atoms with Crippen LogP contribution < -0.4 is 0 Å². The van der Waals surface area contributed by atoms with Crippen molar-refractivity contribution >= 4 is 53.2 Å². The third kappa shape index (κ3) is 17.2. The van der Waals surface area contributed by atoms with Crippen molar-refractivity contribution in [3.8, 4) is 0 Å². The minimum Gasteiger partial charge on any atom is -0.464 e. The molecule has 0 aromatic carbocycles. The van der Waals surface area contributed by atoms with Gasteiger partial charge in [-0.15, -0.1) is 0 Å². The zero-order valence-corrected chi connectivity index (χ0v) is 21.9. The molecule has 0 aliphatic heterocycles. The van der Waals surface area contributed by atoms with Crippen LogP contribution in [0.4, 0.5) is 0 Å². The monoisotopic (exact) mass is 470 g/mol. The van der Waals surface area contributed by atoms with Crippen LogP contribution in [0, 0.1) is 22.7 Å². The average molecular weight is 471 g/mol. The highest BCUT2D eigenvalue weighted by Gasteiger charge is 2.22. The van der Waals surface area contributed by atoms with Crippen molar-refractivity contribution in [2.75, 3.05) is 24.7 Å². The summed E-state index contributed by atoms with van der Waals surface area (Å²) in [6.45, 7) is 18.1. The van der Waals surface area contributed by atoms with Crippen molar-refractivity contribution in [1.82, 2.24) is 0 Å². The molecule has 0 spiro atoms. The Morgan fingerprint density at radius 3 is 1.32 bits per heavy atom. The predicted molar refractivity (Wildman–Crippen MR) is 128 cm³/mol. The van der Waals surface area contributed by atoms with Gasteiger partial charge in [-0.3, -0.25) is 9.59 Å². The summed E-state index contributed by atoms with van der Waals surface area (Å²) in [5.74, 6) is 1.41. The highest BCUT2D eigenvalue weighted by molar-refractivity contribution is 9.26. The van der Waals surface area contributed by atoms with Gasteiger partial charge in [0.15, 0.2) is 0 Å². The smallest absolute Gasteiger partial charge is 0.316 e. The second-order valence-corrected chi connectivity index (χ2v) is 15.5. The van der Waals surface area contributed by atoms with E-state index in [-0.39, 0.29) is 22.8 Å². The van der Waals surface area contributed by atoms with Gasteiger partial charge >= 0.3 is 11.9 Å². The molecule has 0 N–H and O–H groups in total.